The summed E-state index contributed by atoms with van der Waals surface area (Å²) in [4.78, 5) is 20.0. The van der Waals surface area contributed by atoms with Gasteiger partial charge < -0.3 is 19.5 Å². The Morgan fingerprint density at radius 1 is 1.33 bits per heavy atom. The SMILES string of the molecule is COc1cc(NC(=O)[C@@H]2COc3ccccc3O2)ncn1. The minimum absolute atomic E-state index is 0.144. The van der Waals surface area contributed by atoms with E-state index in [2.05, 4.69) is 15.3 Å². The molecule has 21 heavy (non-hydrogen) atoms. The van der Waals surface area contributed by atoms with Crippen LogP contribution in [0.3, 0.4) is 0 Å². The van der Waals surface area contributed by atoms with Crippen LogP contribution in [-0.4, -0.2) is 35.7 Å². The van der Waals surface area contributed by atoms with Gasteiger partial charge in [-0.3, -0.25) is 4.79 Å². The number of amides is 1. The van der Waals surface area contributed by atoms with Gasteiger partial charge in [-0.25, -0.2) is 9.97 Å². The lowest BCUT2D eigenvalue weighted by atomic mass is 10.2. The normalized spacial score (nSPS) is 16.1. The summed E-state index contributed by atoms with van der Waals surface area (Å²) >= 11 is 0. The molecule has 1 aromatic heterocycles. The van der Waals surface area contributed by atoms with Gasteiger partial charge in [-0.1, -0.05) is 12.1 Å². The topological polar surface area (TPSA) is 82.6 Å². The average molecular weight is 287 g/mol. The van der Waals surface area contributed by atoms with Gasteiger partial charge in [-0.05, 0) is 12.1 Å². The van der Waals surface area contributed by atoms with E-state index in [9.17, 15) is 4.79 Å². The number of ether oxygens (including phenoxy) is 3. The van der Waals surface area contributed by atoms with Gasteiger partial charge in [0.2, 0.25) is 12.0 Å². The lowest BCUT2D eigenvalue weighted by Crippen LogP contribution is -2.40. The summed E-state index contributed by atoms with van der Waals surface area (Å²) in [6, 6.07) is 8.73. The molecule has 1 aromatic carbocycles. The average Bonchev–Trinajstić information content (AvgIpc) is 2.54. The Balaban J connectivity index is 1.69. The molecule has 0 aliphatic carbocycles. The Bertz CT molecular complexity index is 662. The number of nitrogens with one attached hydrogen (secondary N) is 1. The van der Waals surface area contributed by atoms with Gasteiger partial charge in [0.25, 0.3) is 5.91 Å². The van der Waals surface area contributed by atoms with Crippen LogP contribution in [0.5, 0.6) is 17.4 Å². The fraction of sp³-hybridized carbons (Fsp3) is 0.214. The standard InChI is InChI=1S/C14H13N3O4/c1-19-13-6-12(15-8-16-13)17-14(18)11-7-20-9-4-2-3-5-10(9)21-11/h2-6,8,11H,7H2,1H3,(H,15,16,17,18)/t11-/m0/s1. The fourth-order valence-electron chi connectivity index (χ4n) is 1.87. The van der Waals surface area contributed by atoms with Gasteiger partial charge in [0, 0.05) is 6.07 Å². The molecule has 1 atom stereocenters. The molecule has 0 unspecified atom stereocenters. The monoisotopic (exact) mass is 287 g/mol. The van der Waals surface area contributed by atoms with E-state index in [1.165, 1.54) is 19.5 Å². The highest BCUT2D eigenvalue weighted by atomic mass is 16.6. The first-order valence-corrected chi connectivity index (χ1v) is 6.31. The van der Waals surface area contributed by atoms with Crippen LogP contribution in [0.1, 0.15) is 0 Å². The van der Waals surface area contributed by atoms with E-state index < -0.39 is 6.10 Å². The molecule has 108 valence electrons. The molecule has 0 bridgehead atoms. The zero-order valence-corrected chi connectivity index (χ0v) is 11.3. The molecular weight excluding hydrogens is 274 g/mol. The van der Waals surface area contributed by atoms with Crippen molar-refractivity contribution in [3.63, 3.8) is 0 Å². The molecule has 1 amide bonds. The number of carbonyl (C=O) groups excluding carboxylic acids is 1. The van der Waals surface area contributed by atoms with E-state index in [0.717, 1.165) is 0 Å². The van der Waals surface area contributed by atoms with Crippen molar-refractivity contribution in [2.45, 2.75) is 6.10 Å². The second-order valence-electron chi connectivity index (χ2n) is 4.30. The number of fused-ring (bicyclic) bond motifs is 1. The molecule has 0 saturated carbocycles. The van der Waals surface area contributed by atoms with Crippen LogP contribution < -0.4 is 19.5 Å². The third-order valence-electron chi connectivity index (χ3n) is 2.90. The molecule has 0 saturated heterocycles. The van der Waals surface area contributed by atoms with Gasteiger partial charge in [0.15, 0.2) is 11.5 Å². The molecular formula is C14H13N3O4. The van der Waals surface area contributed by atoms with E-state index in [4.69, 9.17) is 14.2 Å². The van der Waals surface area contributed by atoms with Crippen molar-refractivity contribution in [2.75, 3.05) is 19.0 Å². The van der Waals surface area contributed by atoms with Crippen molar-refractivity contribution < 1.29 is 19.0 Å². The molecule has 1 aliphatic rings. The van der Waals surface area contributed by atoms with Gasteiger partial charge in [-0.15, -0.1) is 0 Å². The van der Waals surface area contributed by atoms with Crippen LogP contribution in [-0.2, 0) is 4.79 Å². The van der Waals surface area contributed by atoms with Crippen molar-refractivity contribution in [3.05, 3.63) is 36.7 Å². The van der Waals surface area contributed by atoms with E-state index in [-0.39, 0.29) is 12.5 Å². The summed E-state index contributed by atoms with van der Waals surface area (Å²) < 4.78 is 16.1. The van der Waals surface area contributed by atoms with Crippen molar-refractivity contribution >= 4 is 11.7 Å². The Morgan fingerprint density at radius 2 is 2.14 bits per heavy atom. The molecule has 1 aliphatic heterocycles. The Morgan fingerprint density at radius 3 is 2.95 bits per heavy atom. The number of aromatic nitrogens is 2. The van der Waals surface area contributed by atoms with Crippen molar-refractivity contribution in [3.8, 4) is 17.4 Å². The molecule has 7 heteroatoms. The maximum atomic E-state index is 12.2. The number of nitrogens with zero attached hydrogens (tertiary/aromatic N) is 2. The summed E-state index contributed by atoms with van der Waals surface area (Å²) in [7, 11) is 1.49. The number of hydrogen-bond donors (Lipinski definition) is 1. The Hall–Kier alpha value is -2.83. The molecule has 7 nitrogen and oxygen atoms in total. The number of para-hydroxylation sites is 2. The molecule has 3 rings (SSSR count). The maximum Gasteiger partial charge on any atom is 0.270 e. The third-order valence-corrected chi connectivity index (χ3v) is 2.90. The number of hydrogen-bond acceptors (Lipinski definition) is 6. The zero-order valence-electron chi connectivity index (χ0n) is 11.3. The van der Waals surface area contributed by atoms with Crippen molar-refractivity contribution in [1.29, 1.82) is 0 Å². The molecule has 0 radical (unpaired) electrons. The van der Waals surface area contributed by atoms with Crippen LogP contribution in [0.15, 0.2) is 36.7 Å². The number of benzene rings is 1. The minimum Gasteiger partial charge on any atom is -0.485 e. The summed E-state index contributed by atoms with van der Waals surface area (Å²) in [5.41, 5.74) is 0. The number of rotatable bonds is 3. The van der Waals surface area contributed by atoms with Crippen molar-refractivity contribution in [1.82, 2.24) is 9.97 Å². The largest absolute Gasteiger partial charge is 0.485 e. The molecule has 2 aromatic rings. The number of methoxy groups -OCH3 is 1. The van der Waals surface area contributed by atoms with E-state index in [0.29, 0.717) is 23.2 Å². The van der Waals surface area contributed by atoms with E-state index in [1.54, 1.807) is 12.1 Å². The van der Waals surface area contributed by atoms with Crippen LogP contribution in [0.2, 0.25) is 0 Å². The van der Waals surface area contributed by atoms with E-state index >= 15 is 0 Å². The van der Waals surface area contributed by atoms with Crippen LogP contribution in [0.25, 0.3) is 0 Å². The predicted molar refractivity (Wildman–Crippen MR) is 73.6 cm³/mol. The summed E-state index contributed by atoms with van der Waals surface area (Å²) in [5, 5.41) is 2.64. The van der Waals surface area contributed by atoms with Gasteiger partial charge in [0.1, 0.15) is 18.8 Å². The Labute approximate surface area is 120 Å². The van der Waals surface area contributed by atoms with Gasteiger partial charge in [-0.2, -0.15) is 0 Å². The van der Waals surface area contributed by atoms with Crippen molar-refractivity contribution in [2.24, 2.45) is 0 Å². The van der Waals surface area contributed by atoms with E-state index in [1.807, 2.05) is 12.1 Å². The summed E-state index contributed by atoms with van der Waals surface area (Å²) in [6.45, 7) is 0.144. The fourth-order valence-corrected chi connectivity index (χ4v) is 1.87. The second-order valence-corrected chi connectivity index (χ2v) is 4.30. The highest BCUT2D eigenvalue weighted by Gasteiger charge is 2.27. The lowest BCUT2D eigenvalue weighted by Gasteiger charge is -2.25. The quantitative estimate of drug-likeness (QED) is 0.915. The maximum absolute atomic E-state index is 12.2. The second kappa shape index (κ2) is 5.66. The minimum atomic E-state index is -0.735. The number of anilines is 1. The molecule has 1 N–H and O–H groups in total. The lowest BCUT2D eigenvalue weighted by molar-refractivity contribution is -0.125. The van der Waals surface area contributed by atoms with Crippen LogP contribution >= 0.6 is 0 Å². The summed E-state index contributed by atoms with van der Waals surface area (Å²) in [6.07, 6.45) is 0.572. The first-order chi connectivity index (χ1) is 10.3. The highest BCUT2D eigenvalue weighted by Crippen LogP contribution is 2.31. The summed E-state index contributed by atoms with van der Waals surface area (Å²) in [5.74, 6) is 1.54. The molecule has 0 spiro atoms. The first-order valence-electron chi connectivity index (χ1n) is 6.31. The predicted octanol–water partition coefficient (Wildman–Crippen LogP) is 1.26. The van der Waals surface area contributed by atoms with Crippen LogP contribution in [0.4, 0.5) is 5.82 Å². The first kappa shape index (κ1) is 13.2. The highest BCUT2D eigenvalue weighted by molar-refractivity contribution is 5.94. The molecule has 0 fully saturated rings. The molecule has 2 heterocycles. The smallest absolute Gasteiger partial charge is 0.270 e. The van der Waals surface area contributed by atoms with Crippen LogP contribution in [0, 0.1) is 0 Å². The van der Waals surface area contributed by atoms with Gasteiger partial charge >= 0.3 is 0 Å². The third kappa shape index (κ3) is 2.86. The Kier molecular flexibility index (Phi) is 3.55. The number of carbonyl (C=O) groups is 1. The van der Waals surface area contributed by atoms with Gasteiger partial charge in [0.05, 0.1) is 7.11 Å². The zero-order chi connectivity index (χ0) is 14.7.